The zero-order valence-corrected chi connectivity index (χ0v) is 9.01. The second-order valence-electron chi connectivity index (χ2n) is 3.26. The van der Waals surface area contributed by atoms with Gasteiger partial charge in [0.1, 0.15) is 18.1 Å². The Balaban J connectivity index is 2.46. The van der Waals surface area contributed by atoms with E-state index in [-0.39, 0.29) is 13.2 Å². The average Bonchev–Trinajstić information content (AvgIpc) is 2.35. The van der Waals surface area contributed by atoms with E-state index in [9.17, 15) is 0 Å². The van der Waals surface area contributed by atoms with Gasteiger partial charge in [0.25, 0.3) is 0 Å². The lowest BCUT2D eigenvalue weighted by atomic mass is 10.2. The molecular formula is C12H13NO3. The number of aliphatic hydroxyl groups excluding tert-OH is 1. The fraction of sp³-hybridized carbons (Fsp3) is 0.250. The molecule has 1 N–H and O–H groups in total. The molecule has 0 unspecified atom stereocenters. The molecule has 1 aromatic heterocycles. The van der Waals surface area contributed by atoms with Gasteiger partial charge in [0, 0.05) is 11.6 Å². The molecule has 1 heterocycles. The van der Waals surface area contributed by atoms with E-state index in [0.29, 0.717) is 5.75 Å². The number of rotatable bonds is 4. The van der Waals surface area contributed by atoms with Gasteiger partial charge in [-0.3, -0.25) is 4.98 Å². The molecule has 0 aliphatic rings. The van der Waals surface area contributed by atoms with Crippen LogP contribution >= 0.6 is 0 Å². The third-order valence-corrected chi connectivity index (χ3v) is 2.26. The van der Waals surface area contributed by atoms with E-state index >= 15 is 0 Å². The maximum atomic E-state index is 8.74. The highest BCUT2D eigenvalue weighted by atomic mass is 16.5. The summed E-state index contributed by atoms with van der Waals surface area (Å²) in [7, 11) is 1.62. The Labute approximate surface area is 93.4 Å². The summed E-state index contributed by atoms with van der Waals surface area (Å²) in [6.07, 6.45) is 1.68. The van der Waals surface area contributed by atoms with Crippen LogP contribution in [0, 0.1) is 0 Å². The fourth-order valence-corrected chi connectivity index (χ4v) is 1.51. The fourth-order valence-electron chi connectivity index (χ4n) is 1.51. The van der Waals surface area contributed by atoms with Gasteiger partial charge in [-0.25, -0.2) is 0 Å². The van der Waals surface area contributed by atoms with Gasteiger partial charge >= 0.3 is 0 Å². The highest BCUT2D eigenvalue weighted by Gasteiger charge is 2.04. The summed E-state index contributed by atoms with van der Waals surface area (Å²) in [4.78, 5) is 4.23. The molecule has 0 aliphatic heterocycles. The molecule has 0 radical (unpaired) electrons. The van der Waals surface area contributed by atoms with E-state index in [0.717, 1.165) is 16.7 Å². The summed E-state index contributed by atoms with van der Waals surface area (Å²) in [5.74, 6) is 1.47. The van der Waals surface area contributed by atoms with Crippen LogP contribution in [-0.4, -0.2) is 30.4 Å². The van der Waals surface area contributed by atoms with Crippen LogP contribution in [0.15, 0.2) is 30.5 Å². The quantitative estimate of drug-likeness (QED) is 0.848. The summed E-state index contributed by atoms with van der Waals surface area (Å²) in [6, 6.07) is 7.37. The van der Waals surface area contributed by atoms with Gasteiger partial charge < -0.3 is 14.6 Å². The molecule has 0 bridgehead atoms. The lowest BCUT2D eigenvalue weighted by Gasteiger charge is -2.08. The molecule has 0 fully saturated rings. The van der Waals surface area contributed by atoms with Crippen LogP contribution in [0.25, 0.3) is 10.9 Å². The predicted molar refractivity (Wildman–Crippen MR) is 60.9 cm³/mol. The SMILES string of the molecule is COc1ccc2nccc(OCCO)c2c1. The van der Waals surface area contributed by atoms with Crippen molar-refractivity contribution in [3.8, 4) is 11.5 Å². The minimum absolute atomic E-state index is 0.00617. The second-order valence-corrected chi connectivity index (χ2v) is 3.26. The van der Waals surface area contributed by atoms with E-state index in [1.807, 2.05) is 18.2 Å². The summed E-state index contributed by atoms with van der Waals surface area (Å²) in [5.41, 5.74) is 0.844. The van der Waals surface area contributed by atoms with Crippen molar-refractivity contribution in [2.75, 3.05) is 20.3 Å². The minimum Gasteiger partial charge on any atom is -0.497 e. The number of pyridine rings is 1. The molecule has 16 heavy (non-hydrogen) atoms. The first-order valence-corrected chi connectivity index (χ1v) is 5.01. The van der Waals surface area contributed by atoms with Crippen molar-refractivity contribution in [2.24, 2.45) is 0 Å². The highest BCUT2D eigenvalue weighted by Crippen LogP contribution is 2.27. The number of methoxy groups -OCH3 is 1. The normalized spacial score (nSPS) is 10.4. The van der Waals surface area contributed by atoms with Crippen LogP contribution in [0.1, 0.15) is 0 Å². The lowest BCUT2D eigenvalue weighted by molar-refractivity contribution is 0.202. The number of ether oxygens (including phenoxy) is 2. The van der Waals surface area contributed by atoms with Crippen molar-refractivity contribution in [2.45, 2.75) is 0 Å². The first kappa shape index (κ1) is 10.7. The third-order valence-electron chi connectivity index (χ3n) is 2.26. The zero-order valence-electron chi connectivity index (χ0n) is 9.01. The van der Waals surface area contributed by atoms with Gasteiger partial charge in [-0.05, 0) is 24.3 Å². The molecule has 2 aromatic rings. The van der Waals surface area contributed by atoms with Crippen LogP contribution < -0.4 is 9.47 Å². The molecule has 0 saturated heterocycles. The van der Waals surface area contributed by atoms with Crippen LogP contribution in [-0.2, 0) is 0 Å². The number of aliphatic hydroxyl groups is 1. The molecule has 4 heteroatoms. The molecule has 1 aromatic carbocycles. The molecule has 0 spiro atoms. The van der Waals surface area contributed by atoms with E-state index in [4.69, 9.17) is 14.6 Å². The number of aromatic nitrogens is 1. The first-order chi connectivity index (χ1) is 7.85. The van der Waals surface area contributed by atoms with Gasteiger partial charge in [0.2, 0.25) is 0 Å². The Kier molecular flexibility index (Phi) is 3.22. The minimum atomic E-state index is -0.00617. The van der Waals surface area contributed by atoms with Crippen molar-refractivity contribution in [3.05, 3.63) is 30.5 Å². The van der Waals surface area contributed by atoms with Crippen LogP contribution in [0.5, 0.6) is 11.5 Å². The van der Waals surface area contributed by atoms with Gasteiger partial charge in [-0.15, -0.1) is 0 Å². The maximum Gasteiger partial charge on any atom is 0.130 e. The Morgan fingerprint density at radius 3 is 2.94 bits per heavy atom. The molecular weight excluding hydrogens is 206 g/mol. The van der Waals surface area contributed by atoms with Crippen molar-refractivity contribution in [1.29, 1.82) is 0 Å². The largest absolute Gasteiger partial charge is 0.497 e. The lowest BCUT2D eigenvalue weighted by Crippen LogP contribution is -2.02. The Morgan fingerprint density at radius 1 is 1.31 bits per heavy atom. The van der Waals surface area contributed by atoms with E-state index in [1.54, 1.807) is 19.4 Å². The number of hydrogen-bond donors (Lipinski definition) is 1. The molecule has 0 saturated carbocycles. The zero-order chi connectivity index (χ0) is 11.4. The Morgan fingerprint density at radius 2 is 2.19 bits per heavy atom. The van der Waals surface area contributed by atoms with Crippen LogP contribution in [0.4, 0.5) is 0 Å². The van der Waals surface area contributed by atoms with Crippen molar-refractivity contribution in [3.63, 3.8) is 0 Å². The molecule has 84 valence electrons. The van der Waals surface area contributed by atoms with Crippen molar-refractivity contribution in [1.82, 2.24) is 4.98 Å². The number of benzene rings is 1. The van der Waals surface area contributed by atoms with Crippen molar-refractivity contribution < 1.29 is 14.6 Å². The van der Waals surface area contributed by atoms with Crippen LogP contribution in [0.3, 0.4) is 0 Å². The molecule has 0 aliphatic carbocycles. The molecule has 4 nitrogen and oxygen atoms in total. The maximum absolute atomic E-state index is 8.74. The summed E-state index contributed by atoms with van der Waals surface area (Å²) < 4.78 is 10.6. The monoisotopic (exact) mass is 219 g/mol. The van der Waals surface area contributed by atoms with E-state index in [1.165, 1.54) is 0 Å². The highest BCUT2D eigenvalue weighted by molar-refractivity contribution is 5.86. The predicted octanol–water partition coefficient (Wildman–Crippen LogP) is 1.61. The standard InChI is InChI=1S/C12H13NO3/c1-15-9-2-3-11-10(8-9)12(4-5-13-11)16-7-6-14/h2-5,8,14H,6-7H2,1H3. The number of hydrogen-bond acceptors (Lipinski definition) is 4. The first-order valence-electron chi connectivity index (χ1n) is 5.01. The summed E-state index contributed by atoms with van der Waals surface area (Å²) in [6.45, 7) is 0.268. The third kappa shape index (κ3) is 2.06. The number of fused-ring (bicyclic) bond motifs is 1. The summed E-state index contributed by atoms with van der Waals surface area (Å²) >= 11 is 0. The average molecular weight is 219 g/mol. The summed E-state index contributed by atoms with van der Waals surface area (Å²) in [5, 5.41) is 9.62. The van der Waals surface area contributed by atoms with Gasteiger partial charge in [-0.1, -0.05) is 0 Å². The van der Waals surface area contributed by atoms with E-state index in [2.05, 4.69) is 4.98 Å². The number of nitrogens with zero attached hydrogens (tertiary/aromatic N) is 1. The molecule has 0 amide bonds. The van der Waals surface area contributed by atoms with Crippen molar-refractivity contribution >= 4 is 10.9 Å². The topological polar surface area (TPSA) is 51.6 Å². The molecule has 0 atom stereocenters. The van der Waals surface area contributed by atoms with Gasteiger partial charge in [0.05, 0.1) is 19.2 Å². The van der Waals surface area contributed by atoms with E-state index < -0.39 is 0 Å². The molecule has 2 rings (SSSR count). The smallest absolute Gasteiger partial charge is 0.130 e. The Hall–Kier alpha value is -1.81. The van der Waals surface area contributed by atoms with Crippen LogP contribution in [0.2, 0.25) is 0 Å². The second kappa shape index (κ2) is 4.81. The van der Waals surface area contributed by atoms with Gasteiger partial charge in [0.15, 0.2) is 0 Å². The Bertz CT molecular complexity index is 485. The van der Waals surface area contributed by atoms with Gasteiger partial charge in [-0.2, -0.15) is 0 Å².